The van der Waals surface area contributed by atoms with Crippen LogP contribution in [0.4, 0.5) is 4.79 Å². The molecule has 1 unspecified atom stereocenters. The lowest BCUT2D eigenvalue weighted by Crippen LogP contribution is -2.48. The van der Waals surface area contributed by atoms with E-state index in [4.69, 9.17) is 4.74 Å². The van der Waals surface area contributed by atoms with E-state index in [1.807, 2.05) is 36.4 Å². The van der Waals surface area contributed by atoms with Crippen molar-refractivity contribution in [1.82, 2.24) is 20.5 Å². The van der Waals surface area contributed by atoms with Crippen molar-refractivity contribution in [3.05, 3.63) is 59.9 Å². The van der Waals surface area contributed by atoms with Crippen LogP contribution in [0, 0.1) is 0 Å². The zero-order valence-electron chi connectivity index (χ0n) is 14.3. The Bertz CT molecular complexity index is 827. The summed E-state index contributed by atoms with van der Waals surface area (Å²) in [5.74, 6) is 0.586. The number of aromatic nitrogens is 1. The topological polar surface area (TPSA) is 83.6 Å². The van der Waals surface area contributed by atoms with E-state index in [-0.39, 0.29) is 5.91 Å². The molecule has 0 radical (unpaired) electrons. The van der Waals surface area contributed by atoms with E-state index in [0.717, 1.165) is 23.4 Å². The molecule has 0 aliphatic carbocycles. The molecule has 4 rings (SSSR count). The van der Waals surface area contributed by atoms with Crippen LogP contribution >= 0.6 is 0 Å². The molecule has 2 N–H and O–H groups in total. The maximum absolute atomic E-state index is 12.1. The van der Waals surface area contributed by atoms with Crippen molar-refractivity contribution in [1.29, 1.82) is 0 Å². The molecule has 2 saturated heterocycles. The molecule has 134 valence electrons. The Kier molecular flexibility index (Phi) is 4.30. The third-order valence-corrected chi connectivity index (χ3v) is 4.85. The first kappa shape index (κ1) is 16.5. The third-order valence-electron chi connectivity index (χ3n) is 4.85. The second-order valence-electron chi connectivity index (χ2n) is 6.71. The standard InChI is InChI=1S/C19H20N4O3/c24-17-19(22-18(25)21-17)7-9-23(13-19)11-15-5-1-2-6-16(15)26-12-14-4-3-8-20-10-14/h1-6,8,10H,7,9,11-13H2,(H2,21,22,24,25). The lowest BCUT2D eigenvalue weighted by Gasteiger charge is -2.22. The Morgan fingerprint density at radius 1 is 1.19 bits per heavy atom. The van der Waals surface area contributed by atoms with Gasteiger partial charge in [-0.15, -0.1) is 0 Å². The highest BCUT2D eigenvalue weighted by Crippen LogP contribution is 2.28. The lowest BCUT2D eigenvalue weighted by molar-refractivity contribution is -0.123. The number of pyridine rings is 1. The SMILES string of the molecule is O=C1NC(=O)C2(CCN(Cc3ccccc3OCc3cccnc3)C2)N1. The maximum Gasteiger partial charge on any atom is 0.322 e. The van der Waals surface area contributed by atoms with Gasteiger partial charge in [-0.05, 0) is 18.6 Å². The van der Waals surface area contributed by atoms with Gasteiger partial charge in [-0.25, -0.2) is 4.79 Å². The van der Waals surface area contributed by atoms with E-state index in [2.05, 4.69) is 20.5 Å². The molecule has 0 bridgehead atoms. The first-order valence-electron chi connectivity index (χ1n) is 8.60. The van der Waals surface area contributed by atoms with E-state index in [1.54, 1.807) is 12.4 Å². The largest absolute Gasteiger partial charge is 0.489 e. The first-order valence-corrected chi connectivity index (χ1v) is 8.60. The van der Waals surface area contributed by atoms with Gasteiger partial charge < -0.3 is 10.1 Å². The molecule has 1 aromatic heterocycles. The van der Waals surface area contributed by atoms with Crippen LogP contribution in [0.15, 0.2) is 48.8 Å². The van der Waals surface area contributed by atoms with E-state index in [0.29, 0.717) is 26.1 Å². The number of nitrogens with one attached hydrogen (secondary N) is 2. The quantitative estimate of drug-likeness (QED) is 0.796. The Labute approximate surface area is 151 Å². The normalized spacial score (nSPS) is 22.5. The van der Waals surface area contributed by atoms with E-state index >= 15 is 0 Å². The number of likely N-dealkylation sites (tertiary alicyclic amines) is 1. The number of benzene rings is 1. The maximum atomic E-state index is 12.1. The Morgan fingerprint density at radius 2 is 2.08 bits per heavy atom. The van der Waals surface area contributed by atoms with E-state index in [9.17, 15) is 9.59 Å². The van der Waals surface area contributed by atoms with Crippen molar-refractivity contribution < 1.29 is 14.3 Å². The van der Waals surface area contributed by atoms with Crippen molar-refractivity contribution in [3.8, 4) is 5.75 Å². The smallest absolute Gasteiger partial charge is 0.322 e. The molecule has 0 saturated carbocycles. The second kappa shape index (κ2) is 6.76. The highest BCUT2D eigenvalue weighted by molar-refractivity contribution is 6.07. The molecule has 1 aromatic carbocycles. The molecule has 3 heterocycles. The van der Waals surface area contributed by atoms with Gasteiger partial charge in [0.1, 0.15) is 17.9 Å². The fourth-order valence-corrected chi connectivity index (χ4v) is 3.50. The molecular weight excluding hydrogens is 332 g/mol. The van der Waals surface area contributed by atoms with Gasteiger partial charge in [0.15, 0.2) is 0 Å². The number of para-hydroxylation sites is 1. The molecule has 7 nitrogen and oxygen atoms in total. The van der Waals surface area contributed by atoms with Crippen molar-refractivity contribution >= 4 is 11.9 Å². The summed E-state index contributed by atoms with van der Waals surface area (Å²) in [4.78, 5) is 29.8. The van der Waals surface area contributed by atoms with Gasteiger partial charge in [0.25, 0.3) is 5.91 Å². The minimum atomic E-state index is -0.789. The van der Waals surface area contributed by atoms with Crippen molar-refractivity contribution in [2.45, 2.75) is 25.1 Å². The number of carbonyl (C=O) groups is 2. The molecule has 2 aromatic rings. The van der Waals surface area contributed by atoms with Crippen LogP contribution in [0.3, 0.4) is 0 Å². The fourth-order valence-electron chi connectivity index (χ4n) is 3.50. The molecule has 26 heavy (non-hydrogen) atoms. The van der Waals surface area contributed by atoms with Crippen molar-refractivity contribution in [2.75, 3.05) is 13.1 Å². The average molecular weight is 352 g/mol. The van der Waals surface area contributed by atoms with Crippen LogP contribution < -0.4 is 15.4 Å². The summed E-state index contributed by atoms with van der Waals surface area (Å²) in [7, 11) is 0. The fraction of sp³-hybridized carbons (Fsp3) is 0.316. The Hall–Kier alpha value is -2.93. The zero-order chi connectivity index (χ0) is 18.0. The van der Waals surface area contributed by atoms with Crippen LogP contribution in [-0.2, 0) is 17.9 Å². The summed E-state index contributed by atoms with van der Waals surface area (Å²) < 4.78 is 5.97. The highest BCUT2D eigenvalue weighted by atomic mass is 16.5. The number of nitrogens with zero attached hydrogens (tertiary/aromatic N) is 2. The average Bonchev–Trinajstić information content (AvgIpc) is 3.17. The Balaban J connectivity index is 1.43. The zero-order valence-corrected chi connectivity index (χ0v) is 14.3. The number of carbonyl (C=O) groups excluding carboxylic acids is 2. The lowest BCUT2D eigenvalue weighted by atomic mass is 9.99. The van der Waals surface area contributed by atoms with Crippen LogP contribution in [0.25, 0.3) is 0 Å². The highest BCUT2D eigenvalue weighted by Gasteiger charge is 2.50. The molecule has 7 heteroatoms. The molecule has 2 aliphatic rings. The second-order valence-corrected chi connectivity index (χ2v) is 6.71. The first-order chi connectivity index (χ1) is 12.6. The number of amides is 3. The van der Waals surface area contributed by atoms with Crippen LogP contribution in [0.5, 0.6) is 5.75 Å². The number of hydrogen-bond donors (Lipinski definition) is 2. The van der Waals surface area contributed by atoms with E-state index in [1.165, 1.54) is 0 Å². The summed E-state index contributed by atoms with van der Waals surface area (Å²) in [6, 6.07) is 11.3. The van der Waals surface area contributed by atoms with Gasteiger partial charge >= 0.3 is 6.03 Å². The Morgan fingerprint density at radius 3 is 2.85 bits per heavy atom. The summed E-state index contributed by atoms with van der Waals surface area (Å²) >= 11 is 0. The molecule has 3 amide bonds. The van der Waals surface area contributed by atoms with Crippen molar-refractivity contribution in [2.24, 2.45) is 0 Å². The number of rotatable bonds is 5. The monoisotopic (exact) mass is 352 g/mol. The van der Waals surface area contributed by atoms with E-state index < -0.39 is 11.6 Å². The van der Waals surface area contributed by atoms with Gasteiger partial charge in [0.05, 0.1) is 0 Å². The van der Waals surface area contributed by atoms with Crippen LogP contribution in [-0.4, -0.2) is 40.5 Å². The summed E-state index contributed by atoms with van der Waals surface area (Å²) in [6.45, 7) is 2.35. The molecule has 1 atom stereocenters. The molecule has 1 spiro atoms. The molecular formula is C19H20N4O3. The van der Waals surface area contributed by atoms with Crippen LogP contribution in [0.2, 0.25) is 0 Å². The van der Waals surface area contributed by atoms with Gasteiger partial charge in [-0.1, -0.05) is 24.3 Å². The van der Waals surface area contributed by atoms with Gasteiger partial charge in [0, 0.05) is 43.2 Å². The van der Waals surface area contributed by atoms with Gasteiger partial charge in [-0.3, -0.25) is 20.0 Å². The van der Waals surface area contributed by atoms with Gasteiger partial charge in [0.2, 0.25) is 0 Å². The molecule has 2 fully saturated rings. The summed E-state index contributed by atoms with van der Waals surface area (Å²) in [5.41, 5.74) is 1.27. The minimum Gasteiger partial charge on any atom is -0.489 e. The summed E-state index contributed by atoms with van der Waals surface area (Å²) in [6.07, 6.45) is 4.14. The molecule has 2 aliphatic heterocycles. The number of ether oxygens (including phenoxy) is 1. The number of urea groups is 1. The third kappa shape index (κ3) is 3.25. The number of hydrogen-bond acceptors (Lipinski definition) is 5. The minimum absolute atomic E-state index is 0.230. The van der Waals surface area contributed by atoms with Crippen LogP contribution in [0.1, 0.15) is 17.5 Å². The predicted molar refractivity (Wildman–Crippen MR) is 94.3 cm³/mol. The summed E-state index contributed by atoms with van der Waals surface area (Å²) in [5, 5.41) is 5.11. The van der Waals surface area contributed by atoms with Gasteiger partial charge in [-0.2, -0.15) is 0 Å². The van der Waals surface area contributed by atoms with Crippen molar-refractivity contribution in [3.63, 3.8) is 0 Å². The number of imide groups is 1. The predicted octanol–water partition coefficient (Wildman–Crippen LogP) is 1.44.